The molecule has 1 aliphatic carbocycles. The molecule has 1 spiro atoms. The van der Waals surface area contributed by atoms with E-state index in [0.717, 1.165) is 18.4 Å². The molecule has 1 aromatic carbocycles. The number of benzene rings is 1. The van der Waals surface area contributed by atoms with Crippen molar-refractivity contribution in [3.8, 4) is 0 Å². The Hall–Kier alpha value is -3.68. The average molecular weight is 662 g/mol. The Morgan fingerprint density at radius 3 is 2.52 bits per heavy atom. The molecule has 0 bridgehead atoms. The van der Waals surface area contributed by atoms with Crippen molar-refractivity contribution in [2.75, 3.05) is 26.9 Å². The summed E-state index contributed by atoms with van der Waals surface area (Å²) in [6.45, 7) is 7.32. The van der Waals surface area contributed by atoms with Crippen LogP contribution in [0.5, 0.6) is 0 Å². The normalized spacial score (nSPS) is 22.0. The Labute approximate surface area is 274 Å². The van der Waals surface area contributed by atoms with E-state index in [1.54, 1.807) is 39.0 Å². The first kappa shape index (κ1) is 35.2. The van der Waals surface area contributed by atoms with Crippen LogP contribution < -0.4 is 21.4 Å². The Balaban J connectivity index is 1.62. The van der Waals surface area contributed by atoms with Crippen LogP contribution in [0, 0.1) is 5.41 Å². The summed E-state index contributed by atoms with van der Waals surface area (Å²) in [6.07, 6.45) is 3.44. The van der Waals surface area contributed by atoms with Crippen LogP contribution in [0.2, 0.25) is 5.02 Å². The number of hydrogen-bond donors (Lipinski definition) is 4. The number of alkyl carbamates (subject to hydrolysis) is 1. The number of ether oxygens (including phenoxy) is 2. The van der Waals surface area contributed by atoms with E-state index in [1.807, 2.05) is 19.1 Å². The molecular formula is C32H44ClN5O8. The zero-order valence-corrected chi connectivity index (χ0v) is 27.7. The van der Waals surface area contributed by atoms with Gasteiger partial charge >= 0.3 is 6.09 Å². The second-order valence-corrected chi connectivity index (χ2v) is 13.5. The van der Waals surface area contributed by atoms with Gasteiger partial charge in [-0.25, -0.2) is 4.79 Å². The largest absolute Gasteiger partial charge is 0.447 e. The van der Waals surface area contributed by atoms with Crippen molar-refractivity contribution in [3.05, 3.63) is 40.9 Å². The van der Waals surface area contributed by atoms with Crippen LogP contribution in [-0.4, -0.2) is 91.1 Å². The monoisotopic (exact) mass is 661 g/mol. The number of carbonyl (C=O) groups excluding carboxylic acids is 5. The lowest BCUT2D eigenvalue weighted by Crippen LogP contribution is -2.59. The number of ketones is 1. The van der Waals surface area contributed by atoms with E-state index in [4.69, 9.17) is 25.9 Å². The average Bonchev–Trinajstić information content (AvgIpc) is 3.59. The zero-order valence-electron chi connectivity index (χ0n) is 26.9. The number of rotatable bonds is 13. The van der Waals surface area contributed by atoms with Gasteiger partial charge in [0.1, 0.15) is 24.3 Å². The van der Waals surface area contributed by atoms with Gasteiger partial charge in [0.25, 0.3) is 5.91 Å². The molecular weight excluding hydrogens is 618 g/mol. The first-order chi connectivity index (χ1) is 21.8. The first-order valence-electron chi connectivity index (χ1n) is 15.6. The minimum atomic E-state index is -1.12. The predicted molar refractivity (Wildman–Crippen MR) is 169 cm³/mol. The molecule has 4 N–H and O–H groups in total. The molecule has 2 heterocycles. The van der Waals surface area contributed by atoms with Crippen LogP contribution in [0.1, 0.15) is 65.4 Å². The van der Waals surface area contributed by atoms with Gasteiger partial charge in [0.05, 0.1) is 24.9 Å². The number of hydroxylamine groups is 1. The SMILES string of the molecule is CCC[C@H](NC(=O)[C@@H]1C[C@]2(C=C(c3cccc(Cl)c3)NO2)CN1C(=O)[C@@H](NC(=O)OCCOC)C(C)(C)C)C(=O)C(=O)NC1CC1. The number of nitrogens with one attached hydrogen (secondary N) is 4. The van der Waals surface area contributed by atoms with E-state index in [-0.39, 0.29) is 38.6 Å². The zero-order chi connectivity index (χ0) is 33.6. The van der Waals surface area contributed by atoms with Gasteiger partial charge in [-0.3, -0.25) is 29.5 Å². The number of methoxy groups -OCH3 is 1. The van der Waals surface area contributed by atoms with E-state index in [2.05, 4.69) is 21.4 Å². The molecule has 2 fully saturated rings. The fourth-order valence-electron chi connectivity index (χ4n) is 5.48. The third kappa shape index (κ3) is 8.77. The van der Waals surface area contributed by atoms with Crippen molar-refractivity contribution in [2.45, 2.75) is 89.6 Å². The van der Waals surface area contributed by atoms with Crippen LogP contribution in [0.15, 0.2) is 30.3 Å². The Morgan fingerprint density at radius 2 is 1.89 bits per heavy atom. The molecule has 1 saturated carbocycles. The number of carbonyl (C=O) groups is 5. The summed E-state index contributed by atoms with van der Waals surface area (Å²) in [5.41, 5.74) is 2.37. The van der Waals surface area contributed by atoms with E-state index in [0.29, 0.717) is 17.1 Å². The van der Waals surface area contributed by atoms with Gasteiger partial charge in [-0.1, -0.05) is 57.8 Å². The molecule has 0 aromatic heterocycles. The maximum Gasteiger partial charge on any atom is 0.407 e. The van der Waals surface area contributed by atoms with Crippen molar-refractivity contribution in [2.24, 2.45) is 5.41 Å². The van der Waals surface area contributed by atoms with Crippen molar-refractivity contribution in [1.82, 2.24) is 26.3 Å². The van der Waals surface area contributed by atoms with Gasteiger partial charge in [0.2, 0.25) is 17.6 Å². The summed E-state index contributed by atoms with van der Waals surface area (Å²) in [5.74, 6) is -2.62. The Morgan fingerprint density at radius 1 is 1.15 bits per heavy atom. The smallest absolute Gasteiger partial charge is 0.407 e. The third-order valence-corrected chi connectivity index (χ3v) is 8.32. The molecule has 2 aliphatic heterocycles. The molecule has 14 heteroatoms. The highest BCUT2D eigenvalue weighted by Gasteiger charge is 2.54. The number of Topliss-reactive ketones (excluding diaryl/α,β-unsaturated/α-hetero) is 1. The summed E-state index contributed by atoms with van der Waals surface area (Å²) in [6, 6.07) is 3.86. The van der Waals surface area contributed by atoms with Gasteiger partial charge in [-0.2, -0.15) is 0 Å². The molecule has 3 aliphatic rings. The van der Waals surface area contributed by atoms with Gasteiger partial charge in [0.15, 0.2) is 0 Å². The van der Waals surface area contributed by atoms with Crippen LogP contribution in [0.25, 0.3) is 5.70 Å². The van der Waals surface area contributed by atoms with Crippen molar-refractivity contribution >= 4 is 46.9 Å². The maximum absolute atomic E-state index is 14.3. The quantitative estimate of drug-likeness (QED) is 0.184. The third-order valence-electron chi connectivity index (χ3n) is 8.09. The molecule has 4 amide bonds. The summed E-state index contributed by atoms with van der Waals surface area (Å²) >= 11 is 6.21. The van der Waals surface area contributed by atoms with Crippen molar-refractivity contribution in [3.63, 3.8) is 0 Å². The van der Waals surface area contributed by atoms with E-state index in [9.17, 15) is 24.0 Å². The number of amides is 4. The van der Waals surface area contributed by atoms with Crippen LogP contribution in [0.3, 0.4) is 0 Å². The fraction of sp³-hybridized carbons (Fsp3) is 0.594. The number of hydrogen-bond acceptors (Lipinski definition) is 9. The minimum absolute atomic E-state index is 0.0109. The Kier molecular flexibility index (Phi) is 11.3. The van der Waals surface area contributed by atoms with Crippen molar-refractivity contribution < 1.29 is 38.3 Å². The van der Waals surface area contributed by atoms with Gasteiger partial charge in [-0.05, 0) is 42.9 Å². The minimum Gasteiger partial charge on any atom is -0.447 e. The lowest BCUT2D eigenvalue weighted by Gasteiger charge is -2.35. The molecule has 13 nitrogen and oxygen atoms in total. The van der Waals surface area contributed by atoms with Crippen LogP contribution >= 0.6 is 11.6 Å². The molecule has 0 radical (unpaired) electrons. The summed E-state index contributed by atoms with van der Waals surface area (Å²) in [4.78, 5) is 74.0. The van der Waals surface area contributed by atoms with Crippen molar-refractivity contribution in [1.29, 1.82) is 0 Å². The fourth-order valence-corrected chi connectivity index (χ4v) is 5.67. The molecule has 1 saturated heterocycles. The molecule has 46 heavy (non-hydrogen) atoms. The van der Waals surface area contributed by atoms with Crippen LogP contribution in [0.4, 0.5) is 4.79 Å². The summed E-state index contributed by atoms with van der Waals surface area (Å²) < 4.78 is 10.1. The predicted octanol–water partition coefficient (Wildman–Crippen LogP) is 2.48. The molecule has 1 aromatic rings. The molecule has 4 atom stereocenters. The van der Waals surface area contributed by atoms with Crippen LogP contribution in [-0.2, 0) is 33.5 Å². The van der Waals surface area contributed by atoms with Gasteiger partial charge < -0.3 is 30.3 Å². The lowest BCUT2D eigenvalue weighted by atomic mass is 9.85. The topological polar surface area (TPSA) is 164 Å². The standard InChI is InChI=1S/C32H44ClN5O8/c1-6-8-22(25(39)28(41)34-21-11-12-21)35-27(40)24-17-32(16-23(37-46-32)19-9-7-10-20(33)15-19)18-38(24)29(42)26(31(2,3)4)36-30(43)45-14-13-44-5/h7,9-10,15-16,21-22,24,26,37H,6,8,11-14,17-18H2,1-5H3,(H,34,41)(H,35,40)(H,36,43)/t22-,24-,26+,32+/m0/s1. The highest BCUT2D eigenvalue weighted by molar-refractivity contribution is 6.38. The van der Waals surface area contributed by atoms with E-state index < -0.39 is 58.7 Å². The van der Waals surface area contributed by atoms with E-state index >= 15 is 0 Å². The first-order valence-corrected chi connectivity index (χ1v) is 16.0. The number of likely N-dealkylation sites (tertiary alicyclic amines) is 1. The maximum atomic E-state index is 14.3. The highest BCUT2D eigenvalue weighted by atomic mass is 35.5. The molecule has 252 valence electrons. The van der Waals surface area contributed by atoms with Gasteiger partial charge in [-0.15, -0.1) is 0 Å². The lowest BCUT2D eigenvalue weighted by molar-refractivity contribution is -0.144. The number of halogens is 1. The Bertz CT molecular complexity index is 1360. The number of nitrogens with zero attached hydrogens (tertiary/aromatic N) is 1. The molecule has 4 rings (SSSR count). The van der Waals surface area contributed by atoms with E-state index in [1.165, 1.54) is 12.0 Å². The second-order valence-electron chi connectivity index (χ2n) is 13.1. The molecule has 0 unspecified atom stereocenters. The summed E-state index contributed by atoms with van der Waals surface area (Å²) in [7, 11) is 1.47. The second kappa shape index (κ2) is 14.8. The summed E-state index contributed by atoms with van der Waals surface area (Å²) in [5, 5.41) is 8.61. The highest BCUT2D eigenvalue weighted by Crippen LogP contribution is 2.39. The van der Waals surface area contributed by atoms with Gasteiger partial charge in [0, 0.05) is 30.2 Å².